The van der Waals surface area contributed by atoms with Gasteiger partial charge in [-0.1, -0.05) is 66.2 Å². The first-order valence-corrected chi connectivity index (χ1v) is 11.6. The van der Waals surface area contributed by atoms with Gasteiger partial charge in [0.2, 0.25) is 0 Å². The van der Waals surface area contributed by atoms with Gasteiger partial charge in [-0.05, 0) is 36.8 Å². The molecule has 0 aliphatic carbocycles. The minimum atomic E-state index is -3.16. The average molecular weight is 404 g/mol. The molecule has 0 amide bonds. The van der Waals surface area contributed by atoms with Gasteiger partial charge in [0.05, 0.1) is 5.66 Å². The van der Waals surface area contributed by atoms with Crippen molar-refractivity contribution in [1.29, 1.82) is 0 Å². The zero-order valence-electron chi connectivity index (χ0n) is 16.5. The third-order valence-electron chi connectivity index (χ3n) is 5.51. The lowest BCUT2D eigenvalue weighted by molar-refractivity contribution is -0.107. The second kappa shape index (κ2) is 8.26. The number of aryl methyl sites for hydroxylation is 1. The Morgan fingerprint density at radius 1 is 0.828 bits per heavy atom. The maximum atomic E-state index is 14.9. The molecule has 0 N–H and O–H groups in total. The molecule has 0 saturated carbocycles. The summed E-state index contributed by atoms with van der Waals surface area (Å²) in [5.74, 6) is 0. The summed E-state index contributed by atoms with van der Waals surface area (Å²) in [5.41, 5.74) is 3.54. The Morgan fingerprint density at radius 3 is 1.76 bits per heavy atom. The number of carbonyl (C=O) groups is 1. The molecule has 1 unspecified atom stereocenters. The SMILES string of the molecule is Cc1ccc(C(CC=O)P2(=O)N(c3ccccc3)CCN2c2ccccc2)cc1. The summed E-state index contributed by atoms with van der Waals surface area (Å²) in [6.45, 7) is 3.33. The molecular formula is C24H25N2O2P. The summed E-state index contributed by atoms with van der Waals surface area (Å²) >= 11 is 0. The summed E-state index contributed by atoms with van der Waals surface area (Å²) in [4.78, 5) is 11.7. The van der Waals surface area contributed by atoms with E-state index in [9.17, 15) is 9.36 Å². The Balaban J connectivity index is 1.87. The molecule has 1 aliphatic heterocycles. The first-order chi connectivity index (χ1) is 14.1. The Hall–Kier alpha value is -2.84. The summed E-state index contributed by atoms with van der Waals surface area (Å²) in [6.07, 6.45) is 1.11. The fourth-order valence-electron chi connectivity index (χ4n) is 4.08. The molecule has 0 spiro atoms. The van der Waals surface area contributed by atoms with Crippen molar-refractivity contribution in [3.05, 3.63) is 96.1 Å². The van der Waals surface area contributed by atoms with Crippen molar-refractivity contribution in [1.82, 2.24) is 0 Å². The van der Waals surface area contributed by atoms with Crippen LogP contribution in [0.5, 0.6) is 0 Å². The monoisotopic (exact) mass is 404 g/mol. The van der Waals surface area contributed by atoms with Crippen LogP contribution >= 0.6 is 7.44 Å². The smallest absolute Gasteiger partial charge is 0.270 e. The van der Waals surface area contributed by atoms with Crippen molar-refractivity contribution in [3.8, 4) is 0 Å². The number of aldehydes is 1. The summed E-state index contributed by atoms with van der Waals surface area (Å²) in [7, 11) is -3.16. The number of hydrogen-bond donors (Lipinski definition) is 0. The number of carbonyl (C=O) groups excluding carboxylic acids is 1. The van der Waals surface area contributed by atoms with Crippen LogP contribution in [-0.4, -0.2) is 19.4 Å². The first kappa shape index (κ1) is 19.5. The molecule has 4 rings (SSSR count). The minimum absolute atomic E-state index is 0.215. The Kier molecular flexibility index (Phi) is 5.55. The van der Waals surface area contributed by atoms with Crippen molar-refractivity contribution in [2.45, 2.75) is 19.0 Å². The van der Waals surface area contributed by atoms with Gasteiger partial charge in [-0.3, -0.25) is 4.57 Å². The second-order valence-corrected chi connectivity index (χ2v) is 10.1. The van der Waals surface area contributed by atoms with E-state index >= 15 is 0 Å². The zero-order valence-corrected chi connectivity index (χ0v) is 17.4. The summed E-state index contributed by atoms with van der Waals surface area (Å²) < 4.78 is 19.0. The highest BCUT2D eigenvalue weighted by Crippen LogP contribution is 2.69. The molecular weight excluding hydrogens is 379 g/mol. The van der Waals surface area contributed by atoms with Gasteiger partial charge in [0.1, 0.15) is 6.29 Å². The van der Waals surface area contributed by atoms with Gasteiger partial charge in [-0.2, -0.15) is 0 Å². The molecule has 4 nitrogen and oxygen atoms in total. The number of para-hydroxylation sites is 2. The standard InChI is InChI=1S/C24H25N2O2P/c1-20-12-14-21(15-13-20)24(16-19-27)29(28)25(22-8-4-2-5-9-22)17-18-26(29)23-10-6-3-7-11-23/h2-15,19,24H,16-18H2,1H3. The third kappa shape index (κ3) is 3.61. The van der Waals surface area contributed by atoms with E-state index in [4.69, 9.17) is 0 Å². The van der Waals surface area contributed by atoms with Crippen LogP contribution in [0.25, 0.3) is 0 Å². The molecule has 29 heavy (non-hydrogen) atoms. The number of benzene rings is 3. The zero-order chi connectivity index (χ0) is 20.3. The Labute approximate surface area is 172 Å². The van der Waals surface area contributed by atoms with Crippen LogP contribution in [0.4, 0.5) is 11.4 Å². The first-order valence-electron chi connectivity index (χ1n) is 9.90. The molecule has 1 atom stereocenters. The van der Waals surface area contributed by atoms with Gasteiger partial charge in [-0.15, -0.1) is 0 Å². The van der Waals surface area contributed by atoms with Crippen LogP contribution in [0.1, 0.15) is 23.2 Å². The van der Waals surface area contributed by atoms with Gasteiger partial charge in [-0.25, -0.2) is 0 Å². The van der Waals surface area contributed by atoms with E-state index in [1.807, 2.05) is 101 Å². The molecule has 148 valence electrons. The molecule has 1 saturated heterocycles. The molecule has 1 aliphatic rings. The van der Waals surface area contributed by atoms with Gasteiger partial charge in [0, 0.05) is 30.9 Å². The molecule has 3 aromatic rings. The minimum Gasteiger partial charge on any atom is -0.305 e. The van der Waals surface area contributed by atoms with Crippen LogP contribution in [0.15, 0.2) is 84.9 Å². The van der Waals surface area contributed by atoms with Crippen LogP contribution in [0.2, 0.25) is 0 Å². The van der Waals surface area contributed by atoms with Crippen LogP contribution < -0.4 is 9.34 Å². The van der Waals surface area contributed by atoms with Crippen molar-refractivity contribution in [2.24, 2.45) is 0 Å². The van der Waals surface area contributed by atoms with E-state index in [0.29, 0.717) is 13.1 Å². The van der Waals surface area contributed by atoms with E-state index in [1.165, 1.54) is 0 Å². The topological polar surface area (TPSA) is 40.6 Å². The predicted molar refractivity (Wildman–Crippen MR) is 120 cm³/mol. The number of hydrogen-bond acceptors (Lipinski definition) is 2. The fraction of sp³-hybridized carbons (Fsp3) is 0.208. The summed E-state index contributed by atoms with van der Waals surface area (Å²) in [5, 5.41) is 0. The van der Waals surface area contributed by atoms with Gasteiger partial charge in [0.25, 0.3) is 7.44 Å². The van der Waals surface area contributed by atoms with Crippen LogP contribution in [0.3, 0.4) is 0 Å². The quantitative estimate of drug-likeness (QED) is 0.382. The third-order valence-corrected chi connectivity index (χ3v) is 9.08. The van der Waals surface area contributed by atoms with E-state index in [1.54, 1.807) is 0 Å². The maximum Gasteiger partial charge on any atom is 0.270 e. The molecule has 0 radical (unpaired) electrons. The molecule has 1 fully saturated rings. The molecule has 0 aromatic heterocycles. The molecule has 3 aromatic carbocycles. The number of rotatable bonds is 6. The molecule has 1 heterocycles. The number of nitrogens with zero attached hydrogens (tertiary/aromatic N) is 2. The largest absolute Gasteiger partial charge is 0.305 e. The lowest BCUT2D eigenvalue weighted by Gasteiger charge is -2.37. The Morgan fingerprint density at radius 2 is 1.31 bits per heavy atom. The fourth-order valence-corrected chi connectivity index (χ4v) is 7.61. The lowest BCUT2D eigenvalue weighted by atomic mass is 10.1. The van der Waals surface area contributed by atoms with Gasteiger partial charge < -0.3 is 14.1 Å². The van der Waals surface area contributed by atoms with Crippen molar-refractivity contribution in [2.75, 3.05) is 22.4 Å². The van der Waals surface area contributed by atoms with E-state index in [-0.39, 0.29) is 6.42 Å². The van der Waals surface area contributed by atoms with E-state index in [0.717, 1.165) is 28.8 Å². The van der Waals surface area contributed by atoms with Crippen LogP contribution in [0, 0.1) is 6.92 Å². The van der Waals surface area contributed by atoms with Crippen LogP contribution in [-0.2, 0) is 9.36 Å². The highest BCUT2D eigenvalue weighted by molar-refractivity contribution is 7.68. The molecule has 0 bridgehead atoms. The second-order valence-electron chi connectivity index (χ2n) is 7.34. The summed E-state index contributed by atoms with van der Waals surface area (Å²) in [6, 6.07) is 27.8. The lowest BCUT2D eigenvalue weighted by Crippen LogP contribution is -2.24. The van der Waals surface area contributed by atoms with Crippen molar-refractivity contribution < 1.29 is 9.36 Å². The van der Waals surface area contributed by atoms with E-state index < -0.39 is 13.1 Å². The highest BCUT2D eigenvalue weighted by atomic mass is 31.2. The van der Waals surface area contributed by atoms with Crippen molar-refractivity contribution >= 4 is 25.1 Å². The normalized spacial score (nSPS) is 16.6. The van der Waals surface area contributed by atoms with Gasteiger partial charge in [0.15, 0.2) is 0 Å². The predicted octanol–water partition coefficient (Wildman–Crippen LogP) is 5.85. The molecule has 5 heteroatoms. The average Bonchev–Trinajstić information content (AvgIpc) is 3.12. The highest BCUT2D eigenvalue weighted by Gasteiger charge is 2.49. The van der Waals surface area contributed by atoms with Crippen molar-refractivity contribution in [3.63, 3.8) is 0 Å². The Bertz CT molecular complexity index is 955. The van der Waals surface area contributed by atoms with Gasteiger partial charge >= 0.3 is 0 Å². The van der Waals surface area contributed by atoms with E-state index in [2.05, 4.69) is 0 Å². The maximum absolute atomic E-state index is 14.9. The number of anilines is 2.